The van der Waals surface area contributed by atoms with Crippen LogP contribution < -0.4 is 0 Å². The zero-order valence-electron chi connectivity index (χ0n) is 12.5. The molecule has 0 radical (unpaired) electrons. The lowest BCUT2D eigenvalue weighted by Crippen LogP contribution is -2.01. The van der Waals surface area contributed by atoms with Crippen molar-refractivity contribution in [2.45, 2.75) is 29.7 Å². The molecule has 3 aromatic rings. The maximum absolute atomic E-state index is 13.0. The average Bonchev–Trinajstić information content (AvgIpc) is 3.35. The summed E-state index contributed by atoms with van der Waals surface area (Å²) in [6.07, 6.45) is 2.38. The molecule has 0 amide bonds. The second-order valence-electron chi connectivity index (χ2n) is 5.70. The SMILES string of the molecule is Fc1ccc(CSc2nnc(C3CC3)n2-c2ccccc2)cc1. The smallest absolute Gasteiger partial charge is 0.196 e. The second-order valence-corrected chi connectivity index (χ2v) is 6.64. The molecule has 1 fully saturated rings. The van der Waals surface area contributed by atoms with Crippen molar-refractivity contribution in [2.24, 2.45) is 0 Å². The first-order valence-electron chi connectivity index (χ1n) is 7.69. The van der Waals surface area contributed by atoms with E-state index in [4.69, 9.17) is 0 Å². The van der Waals surface area contributed by atoms with Crippen LogP contribution in [0.2, 0.25) is 0 Å². The average molecular weight is 325 g/mol. The van der Waals surface area contributed by atoms with Crippen molar-refractivity contribution in [1.29, 1.82) is 0 Å². The van der Waals surface area contributed by atoms with Crippen LogP contribution in [0.25, 0.3) is 5.69 Å². The summed E-state index contributed by atoms with van der Waals surface area (Å²) in [4.78, 5) is 0. The molecule has 0 unspecified atom stereocenters. The van der Waals surface area contributed by atoms with E-state index in [2.05, 4.69) is 26.9 Å². The van der Waals surface area contributed by atoms with Gasteiger partial charge in [-0.3, -0.25) is 4.57 Å². The van der Waals surface area contributed by atoms with E-state index < -0.39 is 0 Å². The number of benzene rings is 2. The molecule has 1 aliphatic carbocycles. The van der Waals surface area contributed by atoms with Crippen LogP contribution in [0, 0.1) is 5.82 Å². The molecule has 1 aromatic heterocycles. The molecular formula is C18H16FN3S. The second kappa shape index (κ2) is 6.16. The number of halogens is 1. The summed E-state index contributed by atoms with van der Waals surface area (Å²) in [6, 6.07) is 16.8. The first-order valence-corrected chi connectivity index (χ1v) is 8.68. The van der Waals surface area contributed by atoms with Crippen molar-refractivity contribution in [1.82, 2.24) is 14.8 Å². The van der Waals surface area contributed by atoms with Crippen LogP contribution in [-0.4, -0.2) is 14.8 Å². The number of hydrogen-bond donors (Lipinski definition) is 0. The Morgan fingerprint density at radius 3 is 2.43 bits per heavy atom. The van der Waals surface area contributed by atoms with Gasteiger partial charge in [0.2, 0.25) is 0 Å². The van der Waals surface area contributed by atoms with Crippen LogP contribution in [0.15, 0.2) is 59.8 Å². The minimum Gasteiger partial charge on any atom is -0.274 e. The Morgan fingerprint density at radius 1 is 1.00 bits per heavy atom. The van der Waals surface area contributed by atoms with E-state index in [-0.39, 0.29) is 5.82 Å². The Labute approximate surface area is 138 Å². The number of thioether (sulfide) groups is 1. The van der Waals surface area contributed by atoms with Gasteiger partial charge in [0.1, 0.15) is 11.6 Å². The van der Waals surface area contributed by atoms with Crippen LogP contribution >= 0.6 is 11.8 Å². The monoisotopic (exact) mass is 325 g/mol. The fourth-order valence-corrected chi connectivity index (χ4v) is 3.44. The highest BCUT2D eigenvalue weighted by molar-refractivity contribution is 7.98. The van der Waals surface area contributed by atoms with Gasteiger partial charge in [-0.05, 0) is 42.7 Å². The highest BCUT2D eigenvalue weighted by Crippen LogP contribution is 2.41. The van der Waals surface area contributed by atoms with Gasteiger partial charge >= 0.3 is 0 Å². The molecule has 116 valence electrons. The number of aromatic nitrogens is 3. The van der Waals surface area contributed by atoms with E-state index in [0.29, 0.717) is 5.92 Å². The Hall–Kier alpha value is -2.14. The van der Waals surface area contributed by atoms with Crippen LogP contribution in [0.5, 0.6) is 0 Å². The van der Waals surface area contributed by atoms with Crippen molar-refractivity contribution in [3.63, 3.8) is 0 Å². The Morgan fingerprint density at radius 2 is 1.74 bits per heavy atom. The molecule has 0 aliphatic heterocycles. The molecular weight excluding hydrogens is 309 g/mol. The molecule has 2 aromatic carbocycles. The molecule has 5 heteroatoms. The maximum Gasteiger partial charge on any atom is 0.196 e. The zero-order valence-corrected chi connectivity index (χ0v) is 13.3. The molecule has 0 atom stereocenters. The van der Waals surface area contributed by atoms with Crippen molar-refractivity contribution in [2.75, 3.05) is 0 Å². The van der Waals surface area contributed by atoms with Crippen molar-refractivity contribution >= 4 is 11.8 Å². The molecule has 23 heavy (non-hydrogen) atoms. The highest BCUT2D eigenvalue weighted by Gasteiger charge is 2.30. The van der Waals surface area contributed by atoms with E-state index in [0.717, 1.165) is 28.0 Å². The molecule has 0 spiro atoms. The largest absolute Gasteiger partial charge is 0.274 e. The zero-order chi connectivity index (χ0) is 15.6. The predicted octanol–water partition coefficient (Wildman–Crippen LogP) is 4.58. The molecule has 0 saturated heterocycles. The minimum absolute atomic E-state index is 0.206. The molecule has 4 rings (SSSR count). The summed E-state index contributed by atoms with van der Waals surface area (Å²) in [7, 11) is 0. The van der Waals surface area contributed by atoms with Crippen LogP contribution in [0.3, 0.4) is 0 Å². The Kier molecular flexibility index (Phi) is 3.87. The van der Waals surface area contributed by atoms with Crippen molar-refractivity contribution < 1.29 is 4.39 Å². The third-order valence-electron chi connectivity index (χ3n) is 3.90. The fraction of sp³-hybridized carbons (Fsp3) is 0.222. The highest BCUT2D eigenvalue weighted by atomic mass is 32.2. The number of para-hydroxylation sites is 1. The lowest BCUT2D eigenvalue weighted by molar-refractivity contribution is 0.627. The van der Waals surface area contributed by atoms with E-state index in [1.807, 2.05) is 30.3 Å². The molecule has 0 bridgehead atoms. The van der Waals surface area contributed by atoms with Gasteiger partial charge in [0.15, 0.2) is 5.16 Å². The number of rotatable bonds is 5. The number of hydrogen-bond acceptors (Lipinski definition) is 3. The first kappa shape index (κ1) is 14.5. The summed E-state index contributed by atoms with van der Waals surface area (Å²) in [5.74, 6) is 2.12. The summed E-state index contributed by atoms with van der Waals surface area (Å²) in [5.41, 5.74) is 2.17. The van der Waals surface area contributed by atoms with Gasteiger partial charge in [-0.1, -0.05) is 42.1 Å². The minimum atomic E-state index is -0.206. The standard InChI is InChI=1S/C18H16FN3S/c19-15-10-6-13(7-11-15)12-23-18-21-20-17(14-8-9-14)22(18)16-4-2-1-3-5-16/h1-7,10-11,14H,8-9,12H2. The van der Waals surface area contributed by atoms with Gasteiger partial charge in [0.25, 0.3) is 0 Å². The first-order chi connectivity index (χ1) is 11.3. The molecule has 1 aliphatic rings. The predicted molar refractivity (Wildman–Crippen MR) is 89.3 cm³/mol. The van der Waals surface area contributed by atoms with Gasteiger partial charge < -0.3 is 0 Å². The summed E-state index contributed by atoms with van der Waals surface area (Å²) < 4.78 is 15.2. The third-order valence-corrected chi connectivity index (χ3v) is 4.90. The third kappa shape index (κ3) is 3.15. The van der Waals surface area contributed by atoms with Crippen LogP contribution in [0.4, 0.5) is 4.39 Å². The van der Waals surface area contributed by atoms with Crippen molar-refractivity contribution in [3.05, 3.63) is 71.8 Å². The Balaban J connectivity index is 1.62. The summed E-state index contributed by atoms with van der Waals surface area (Å²) in [5, 5.41) is 9.69. The van der Waals surface area contributed by atoms with Gasteiger partial charge in [-0.15, -0.1) is 10.2 Å². The Bertz CT molecular complexity index is 795. The van der Waals surface area contributed by atoms with Gasteiger partial charge in [0.05, 0.1) is 0 Å². The summed E-state index contributed by atoms with van der Waals surface area (Å²) in [6.45, 7) is 0. The lowest BCUT2D eigenvalue weighted by Gasteiger charge is -2.09. The van der Waals surface area contributed by atoms with Gasteiger partial charge in [0, 0.05) is 17.4 Å². The van der Waals surface area contributed by atoms with E-state index in [1.54, 1.807) is 11.8 Å². The normalized spacial score (nSPS) is 14.1. The van der Waals surface area contributed by atoms with Gasteiger partial charge in [-0.25, -0.2) is 4.39 Å². The molecule has 1 saturated carbocycles. The quantitative estimate of drug-likeness (QED) is 0.644. The summed E-state index contributed by atoms with van der Waals surface area (Å²) >= 11 is 1.63. The van der Waals surface area contributed by atoms with E-state index >= 15 is 0 Å². The number of nitrogens with zero attached hydrogens (tertiary/aromatic N) is 3. The van der Waals surface area contributed by atoms with Gasteiger partial charge in [-0.2, -0.15) is 0 Å². The van der Waals surface area contributed by atoms with Crippen LogP contribution in [0.1, 0.15) is 30.1 Å². The lowest BCUT2D eigenvalue weighted by atomic mass is 10.2. The molecule has 0 N–H and O–H groups in total. The van der Waals surface area contributed by atoms with Crippen LogP contribution in [-0.2, 0) is 5.75 Å². The van der Waals surface area contributed by atoms with Crippen molar-refractivity contribution in [3.8, 4) is 5.69 Å². The fourth-order valence-electron chi connectivity index (χ4n) is 2.53. The van der Waals surface area contributed by atoms with E-state index in [1.165, 1.54) is 25.0 Å². The topological polar surface area (TPSA) is 30.7 Å². The molecule has 3 nitrogen and oxygen atoms in total. The maximum atomic E-state index is 13.0. The molecule has 1 heterocycles. The van der Waals surface area contributed by atoms with E-state index in [9.17, 15) is 4.39 Å².